The number of ether oxygens (including phenoxy) is 1. The minimum atomic E-state index is -1.95. The number of ketones is 1. The van der Waals surface area contributed by atoms with Gasteiger partial charge in [0.05, 0.1) is 19.8 Å². The van der Waals surface area contributed by atoms with Crippen molar-refractivity contribution in [3.63, 3.8) is 0 Å². The van der Waals surface area contributed by atoms with Crippen LogP contribution in [0, 0.1) is 0 Å². The zero-order chi connectivity index (χ0) is 13.7. The lowest BCUT2D eigenvalue weighted by molar-refractivity contribution is -0.161. The molecule has 1 aliphatic heterocycles. The Morgan fingerprint density at radius 2 is 1.72 bits per heavy atom. The van der Waals surface area contributed by atoms with Crippen LogP contribution in [0.1, 0.15) is 0 Å². The van der Waals surface area contributed by atoms with E-state index < -0.39 is 36.9 Å². The van der Waals surface area contributed by atoms with Crippen LogP contribution >= 0.6 is 0 Å². The zero-order valence-electron chi connectivity index (χ0n) is 9.84. The van der Waals surface area contributed by atoms with Gasteiger partial charge in [-0.3, -0.25) is 9.69 Å². The lowest BCUT2D eigenvalue weighted by Crippen LogP contribution is -2.54. The highest BCUT2D eigenvalue weighted by Gasteiger charge is 2.36. The Hall–Kier alpha value is -0.610. The van der Waals surface area contributed by atoms with Crippen molar-refractivity contribution in [3.8, 4) is 0 Å². The molecule has 5 N–H and O–H groups in total. The summed E-state index contributed by atoms with van der Waals surface area (Å²) in [4.78, 5) is 13.1. The van der Waals surface area contributed by atoms with E-state index in [9.17, 15) is 20.1 Å². The Labute approximate surface area is 104 Å². The van der Waals surface area contributed by atoms with Crippen LogP contribution in [-0.2, 0) is 9.53 Å². The fourth-order valence-corrected chi connectivity index (χ4v) is 1.64. The lowest BCUT2D eigenvalue weighted by Gasteiger charge is -2.32. The first-order valence-corrected chi connectivity index (χ1v) is 5.67. The van der Waals surface area contributed by atoms with Gasteiger partial charge in [-0.05, 0) is 0 Å². The second kappa shape index (κ2) is 7.10. The molecule has 0 bridgehead atoms. The minimum Gasteiger partial charge on any atom is -0.394 e. The number of nitrogens with zero attached hydrogens (tertiary/aromatic N) is 1. The van der Waals surface area contributed by atoms with Crippen LogP contribution in [0.4, 0.5) is 0 Å². The molecule has 8 heteroatoms. The van der Waals surface area contributed by atoms with Crippen molar-refractivity contribution >= 4 is 5.78 Å². The Morgan fingerprint density at radius 3 is 2.22 bits per heavy atom. The average molecular weight is 265 g/mol. The van der Waals surface area contributed by atoms with Crippen molar-refractivity contribution in [2.45, 2.75) is 24.5 Å². The summed E-state index contributed by atoms with van der Waals surface area (Å²) in [6.45, 7) is 0.597. The van der Waals surface area contributed by atoms with Crippen LogP contribution < -0.4 is 0 Å². The maximum Gasteiger partial charge on any atom is 0.207 e. The van der Waals surface area contributed by atoms with Gasteiger partial charge in [0.25, 0.3) is 0 Å². The molecule has 0 aromatic carbocycles. The van der Waals surface area contributed by atoms with Crippen molar-refractivity contribution < 1.29 is 35.1 Å². The molecule has 0 amide bonds. The van der Waals surface area contributed by atoms with E-state index in [0.29, 0.717) is 26.3 Å². The summed E-state index contributed by atoms with van der Waals surface area (Å²) < 4.78 is 5.04. The van der Waals surface area contributed by atoms with Gasteiger partial charge in [-0.1, -0.05) is 0 Å². The van der Waals surface area contributed by atoms with E-state index in [-0.39, 0.29) is 0 Å². The van der Waals surface area contributed by atoms with E-state index in [1.54, 1.807) is 0 Å². The number of carbonyl (C=O) groups excluding carboxylic acids is 1. The number of Topliss-reactive ketones (excluding diaryl/α,β-unsaturated/α-hetero) is 1. The molecule has 0 aromatic rings. The van der Waals surface area contributed by atoms with E-state index in [1.807, 2.05) is 0 Å². The molecular formula is C10H19NO7. The largest absolute Gasteiger partial charge is 0.394 e. The van der Waals surface area contributed by atoms with Gasteiger partial charge in [-0.15, -0.1) is 0 Å². The summed E-state index contributed by atoms with van der Waals surface area (Å²) in [5.41, 5.74) is 0. The number of rotatable bonds is 6. The van der Waals surface area contributed by atoms with Gasteiger partial charge in [-0.2, -0.15) is 0 Å². The molecule has 1 rings (SSSR count). The maximum absolute atomic E-state index is 11.7. The number of carbonyl (C=O) groups is 1. The van der Waals surface area contributed by atoms with Gasteiger partial charge >= 0.3 is 0 Å². The topological polar surface area (TPSA) is 131 Å². The molecule has 0 saturated carbocycles. The van der Waals surface area contributed by atoms with Crippen molar-refractivity contribution in [2.24, 2.45) is 0 Å². The molecule has 1 heterocycles. The predicted octanol–water partition coefficient (Wildman–Crippen LogP) is -3.72. The van der Waals surface area contributed by atoms with Crippen LogP contribution in [0.5, 0.6) is 0 Å². The monoisotopic (exact) mass is 265 g/mol. The highest BCUT2D eigenvalue weighted by Crippen LogP contribution is 2.09. The van der Waals surface area contributed by atoms with Gasteiger partial charge in [0, 0.05) is 13.1 Å². The molecule has 0 aromatic heterocycles. The predicted molar refractivity (Wildman–Crippen MR) is 58.5 cm³/mol. The van der Waals surface area contributed by atoms with Crippen molar-refractivity contribution in [3.05, 3.63) is 0 Å². The van der Waals surface area contributed by atoms with E-state index in [0.717, 1.165) is 0 Å². The highest BCUT2D eigenvalue weighted by atomic mass is 16.5. The Bertz CT molecular complexity index is 259. The van der Waals surface area contributed by atoms with Crippen LogP contribution in [0.2, 0.25) is 0 Å². The van der Waals surface area contributed by atoms with E-state index in [4.69, 9.17) is 14.9 Å². The average Bonchev–Trinajstić information content (AvgIpc) is 2.44. The first kappa shape index (κ1) is 15.4. The fraction of sp³-hybridized carbons (Fsp3) is 0.900. The summed E-state index contributed by atoms with van der Waals surface area (Å²) in [6.07, 6.45) is -6.99. The fourth-order valence-electron chi connectivity index (χ4n) is 1.64. The second-order valence-corrected chi connectivity index (χ2v) is 4.11. The summed E-state index contributed by atoms with van der Waals surface area (Å²) in [5.74, 6) is -1.02. The van der Waals surface area contributed by atoms with Gasteiger partial charge in [0.15, 0.2) is 6.23 Å². The van der Waals surface area contributed by atoms with Crippen molar-refractivity contribution in [1.82, 2.24) is 4.90 Å². The molecule has 0 radical (unpaired) electrons. The summed E-state index contributed by atoms with van der Waals surface area (Å²) >= 11 is 0. The van der Waals surface area contributed by atoms with Crippen molar-refractivity contribution in [2.75, 3.05) is 32.9 Å². The SMILES string of the molecule is O=C(C(O)N1CCOCC1)[C@@H](O)[C@H](O)[C@H](O)CO. The third-order valence-electron chi connectivity index (χ3n) is 2.84. The van der Waals surface area contributed by atoms with Crippen molar-refractivity contribution in [1.29, 1.82) is 0 Å². The Balaban J connectivity index is 2.56. The van der Waals surface area contributed by atoms with E-state index in [1.165, 1.54) is 4.90 Å². The van der Waals surface area contributed by atoms with Gasteiger partial charge in [-0.25, -0.2) is 0 Å². The van der Waals surface area contributed by atoms with Gasteiger partial charge < -0.3 is 30.3 Å². The number of aliphatic hydroxyl groups excluding tert-OH is 5. The summed E-state index contributed by atoms with van der Waals surface area (Å²) in [7, 11) is 0. The van der Waals surface area contributed by atoms with Crippen LogP contribution in [0.15, 0.2) is 0 Å². The molecule has 1 unspecified atom stereocenters. The molecule has 0 aliphatic carbocycles. The number of morpholine rings is 1. The minimum absolute atomic E-state index is 0.332. The van der Waals surface area contributed by atoms with Crippen LogP contribution in [-0.4, -0.2) is 93.7 Å². The molecule has 0 spiro atoms. The molecule has 18 heavy (non-hydrogen) atoms. The van der Waals surface area contributed by atoms with Crippen LogP contribution in [0.3, 0.4) is 0 Å². The zero-order valence-corrected chi connectivity index (χ0v) is 9.84. The van der Waals surface area contributed by atoms with E-state index >= 15 is 0 Å². The number of hydrogen-bond acceptors (Lipinski definition) is 8. The molecule has 1 fully saturated rings. The molecule has 106 valence electrons. The summed E-state index contributed by atoms with van der Waals surface area (Å²) in [5, 5.41) is 46.3. The Morgan fingerprint density at radius 1 is 1.17 bits per heavy atom. The second-order valence-electron chi connectivity index (χ2n) is 4.11. The third kappa shape index (κ3) is 3.69. The lowest BCUT2D eigenvalue weighted by atomic mass is 10.0. The quantitative estimate of drug-likeness (QED) is 0.331. The van der Waals surface area contributed by atoms with Crippen LogP contribution in [0.25, 0.3) is 0 Å². The van der Waals surface area contributed by atoms with Gasteiger partial charge in [0.1, 0.15) is 18.3 Å². The Kier molecular flexibility index (Phi) is 6.09. The number of aliphatic hydroxyl groups is 5. The maximum atomic E-state index is 11.7. The molecule has 4 atom stereocenters. The molecule has 8 nitrogen and oxygen atoms in total. The smallest absolute Gasteiger partial charge is 0.207 e. The van der Waals surface area contributed by atoms with E-state index in [2.05, 4.69) is 0 Å². The third-order valence-corrected chi connectivity index (χ3v) is 2.84. The molecular weight excluding hydrogens is 246 g/mol. The number of hydrogen-bond donors (Lipinski definition) is 5. The highest BCUT2D eigenvalue weighted by molar-refractivity contribution is 5.87. The molecule has 1 aliphatic rings. The first-order valence-electron chi connectivity index (χ1n) is 5.67. The normalized spacial score (nSPS) is 24.3. The standard InChI is InChI=1S/C10H19NO7/c12-5-6(13)7(14)8(15)9(16)10(17)11-1-3-18-4-2-11/h6-8,10,12-15,17H,1-5H2/t6-,7-,8+,10?/m1/s1. The first-order chi connectivity index (χ1) is 8.49. The van der Waals surface area contributed by atoms with Gasteiger partial charge in [0.2, 0.25) is 5.78 Å². The molecule has 1 saturated heterocycles. The summed E-state index contributed by atoms with van der Waals surface area (Å²) in [6, 6.07) is 0.